The van der Waals surface area contributed by atoms with Gasteiger partial charge in [0.15, 0.2) is 0 Å². The summed E-state index contributed by atoms with van der Waals surface area (Å²) in [6.45, 7) is 7.27. The van der Waals surface area contributed by atoms with E-state index in [2.05, 4.69) is 30.1 Å². The summed E-state index contributed by atoms with van der Waals surface area (Å²) in [6.07, 6.45) is 3.42. The van der Waals surface area contributed by atoms with E-state index >= 15 is 0 Å². The third-order valence-electron chi connectivity index (χ3n) is 6.31. The molecule has 3 rings (SSSR count). The van der Waals surface area contributed by atoms with Crippen LogP contribution in [0.4, 0.5) is 8.78 Å². The highest BCUT2D eigenvalue weighted by molar-refractivity contribution is 7.51. The van der Waals surface area contributed by atoms with Gasteiger partial charge < -0.3 is 15.1 Å². The van der Waals surface area contributed by atoms with Gasteiger partial charge in [0.1, 0.15) is 11.6 Å². The van der Waals surface area contributed by atoms with Gasteiger partial charge in [-0.25, -0.2) is 8.78 Å². The van der Waals surface area contributed by atoms with Gasteiger partial charge in [0, 0.05) is 24.6 Å². The molecule has 3 aromatic rings. The molecule has 0 unspecified atom stereocenters. The number of hydrogen-bond donors (Lipinski definition) is 3. The Kier molecular flexibility index (Phi) is 10.2. The van der Waals surface area contributed by atoms with E-state index in [1.807, 2.05) is 44.2 Å². The second kappa shape index (κ2) is 13.1. The van der Waals surface area contributed by atoms with E-state index in [0.717, 1.165) is 40.3 Å². The van der Waals surface area contributed by atoms with Crippen LogP contribution in [0.15, 0.2) is 60.3 Å². The molecular weight excluding hydrogens is 491 g/mol. The first kappa shape index (κ1) is 28.7. The zero-order valence-electron chi connectivity index (χ0n) is 21.5. The Morgan fingerprint density at radius 2 is 1.70 bits per heavy atom. The van der Waals surface area contributed by atoms with E-state index in [4.69, 9.17) is 9.79 Å². The molecule has 0 radical (unpaired) electrons. The van der Waals surface area contributed by atoms with Crippen molar-refractivity contribution in [3.63, 3.8) is 0 Å². The minimum absolute atomic E-state index is 0.129. The molecule has 7 heteroatoms. The minimum Gasteiger partial charge on any atom is -0.324 e. The van der Waals surface area contributed by atoms with Crippen LogP contribution >= 0.6 is 7.60 Å². The van der Waals surface area contributed by atoms with E-state index in [-0.39, 0.29) is 6.16 Å². The zero-order chi connectivity index (χ0) is 27.0. The van der Waals surface area contributed by atoms with Crippen LogP contribution in [0.25, 0.3) is 11.6 Å². The van der Waals surface area contributed by atoms with Gasteiger partial charge in [-0.3, -0.25) is 4.57 Å². The van der Waals surface area contributed by atoms with Crippen LogP contribution in [0.1, 0.15) is 52.3 Å². The van der Waals surface area contributed by atoms with Crippen LogP contribution in [0.3, 0.4) is 0 Å². The van der Waals surface area contributed by atoms with Gasteiger partial charge in [-0.05, 0) is 90.4 Å². The van der Waals surface area contributed by atoms with Crippen molar-refractivity contribution in [2.45, 2.75) is 46.6 Å². The Balaban J connectivity index is 1.86. The summed E-state index contributed by atoms with van der Waals surface area (Å²) in [4.78, 5) is 18.0. The minimum atomic E-state index is -3.97. The highest BCUT2D eigenvalue weighted by Gasteiger charge is 2.11. The maximum absolute atomic E-state index is 14.0. The van der Waals surface area contributed by atoms with Gasteiger partial charge in [-0.1, -0.05) is 43.3 Å². The third kappa shape index (κ3) is 9.19. The Labute approximate surface area is 217 Å². The highest BCUT2D eigenvalue weighted by atomic mass is 31.2. The fraction of sp³-hybridized carbons (Fsp3) is 0.300. The second-order valence-corrected chi connectivity index (χ2v) is 11.1. The number of benzene rings is 3. The second-order valence-electron chi connectivity index (χ2n) is 9.32. The quantitative estimate of drug-likeness (QED) is 0.147. The van der Waals surface area contributed by atoms with Crippen LogP contribution in [-0.2, 0) is 24.0 Å². The molecule has 0 aromatic heterocycles. The Morgan fingerprint density at radius 1 is 0.973 bits per heavy atom. The van der Waals surface area contributed by atoms with Crippen molar-refractivity contribution in [2.24, 2.45) is 0 Å². The van der Waals surface area contributed by atoms with Crippen LogP contribution in [0.5, 0.6) is 0 Å². The largest absolute Gasteiger partial charge is 0.325 e. The van der Waals surface area contributed by atoms with Gasteiger partial charge in [-0.15, -0.1) is 5.73 Å². The summed E-state index contributed by atoms with van der Waals surface area (Å²) in [6, 6.07) is 15.8. The van der Waals surface area contributed by atoms with Crippen molar-refractivity contribution in [2.75, 3.05) is 12.7 Å². The van der Waals surface area contributed by atoms with Crippen molar-refractivity contribution in [1.29, 1.82) is 0 Å². The van der Waals surface area contributed by atoms with E-state index < -0.39 is 19.2 Å². The molecule has 4 nitrogen and oxygen atoms in total. The van der Waals surface area contributed by atoms with Gasteiger partial charge in [-0.2, -0.15) is 0 Å². The Morgan fingerprint density at radius 3 is 2.35 bits per heavy atom. The van der Waals surface area contributed by atoms with Crippen LogP contribution in [0, 0.1) is 25.5 Å². The molecule has 0 spiro atoms. The number of allylic oxidation sites excluding steroid dienone is 1. The normalized spacial score (nSPS) is 11.3. The number of aryl methyl sites for hydroxylation is 3. The highest BCUT2D eigenvalue weighted by Crippen LogP contribution is 2.34. The topological polar surface area (TPSA) is 69.6 Å². The van der Waals surface area contributed by atoms with Gasteiger partial charge >= 0.3 is 7.60 Å². The van der Waals surface area contributed by atoms with Gasteiger partial charge in [0.05, 0.1) is 6.16 Å². The average molecular weight is 526 g/mol. The molecule has 0 aliphatic carbocycles. The fourth-order valence-corrected chi connectivity index (χ4v) is 4.69. The van der Waals surface area contributed by atoms with Crippen molar-refractivity contribution in [3.8, 4) is 0 Å². The molecule has 37 heavy (non-hydrogen) atoms. The predicted molar refractivity (Wildman–Crippen MR) is 146 cm³/mol. The lowest BCUT2D eigenvalue weighted by atomic mass is 9.96. The van der Waals surface area contributed by atoms with Crippen LogP contribution < -0.4 is 5.32 Å². The fourth-order valence-electron chi connectivity index (χ4n) is 4.12. The standard InChI is InChI=1S/C30H34F2NO3P/c1-4-25-15-23(9-11-27(25)20-33-12-5-13-37(34,35)36)8-10-26(28-17-29(31)19-30(32)18-28)16-24-7-6-21(2)22(3)14-24/h6-9,11,14-15,17-19,33H,4-5,12-13,16,20H2,1-3H3,(H2,34,35,36). The summed E-state index contributed by atoms with van der Waals surface area (Å²) >= 11 is 0. The number of halogens is 2. The lowest BCUT2D eigenvalue weighted by Gasteiger charge is -2.11. The molecule has 0 aliphatic heterocycles. The van der Waals surface area contributed by atoms with Crippen molar-refractivity contribution in [1.82, 2.24) is 5.32 Å². The molecule has 3 N–H and O–H groups in total. The molecule has 3 aromatic carbocycles. The predicted octanol–water partition coefficient (Wildman–Crippen LogP) is 6.74. The third-order valence-corrected chi connectivity index (χ3v) is 7.20. The first-order chi connectivity index (χ1) is 17.5. The summed E-state index contributed by atoms with van der Waals surface area (Å²) < 4.78 is 39.0. The van der Waals surface area contributed by atoms with Crippen molar-refractivity contribution < 1.29 is 23.1 Å². The number of nitrogens with one attached hydrogen (secondary N) is 1. The van der Waals surface area contributed by atoms with Gasteiger partial charge in [0.25, 0.3) is 0 Å². The molecule has 0 bridgehead atoms. The Hall–Kier alpha value is -2.85. The summed E-state index contributed by atoms with van der Waals surface area (Å²) in [5, 5.41) is 3.24. The monoisotopic (exact) mass is 525 g/mol. The smallest absolute Gasteiger partial charge is 0.324 e. The maximum Gasteiger partial charge on any atom is 0.325 e. The van der Waals surface area contributed by atoms with Crippen molar-refractivity contribution in [3.05, 3.63) is 111 Å². The molecule has 0 aliphatic rings. The lowest BCUT2D eigenvalue weighted by Crippen LogP contribution is -2.16. The summed E-state index contributed by atoms with van der Waals surface area (Å²) in [5.74, 6) is -1.25. The molecule has 0 atom stereocenters. The molecule has 0 amide bonds. The summed E-state index contributed by atoms with van der Waals surface area (Å²) in [5.41, 5.74) is 11.0. The molecule has 0 heterocycles. The average Bonchev–Trinajstić information content (AvgIpc) is 2.82. The van der Waals surface area contributed by atoms with Crippen LogP contribution in [0.2, 0.25) is 0 Å². The van der Waals surface area contributed by atoms with E-state index in [9.17, 15) is 13.3 Å². The summed E-state index contributed by atoms with van der Waals surface area (Å²) in [7, 11) is -3.97. The first-order valence-electron chi connectivity index (χ1n) is 12.4. The van der Waals surface area contributed by atoms with Gasteiger partial charge in [0.2, 0.25) is 0 Å². The molecule has 196 valence electrons. The Bertz CT molecular complexity index is 1340. The van der Waals surface area contributed by atoms with Crippen LogP contribution in [-0.4, -0.2) is 22.5 Å². The molecule has 0 fully saturated rings. The zero-order valence-corrected chi connectivity index (χ0v) is 22.4. The first-order valence-corrected chi connectivity index (χ1v) is 14.2. The SMILES string of the molecule is CCc1cc(C=C=C(Cc2ccc(C)c(C)c2)c2cc(F)cc(F)c2)ccc1CNCCCP(=O)(O)O. The van der Waals surface area contributed by atoms with E-state index in [1.165, 1.54) is 17.7 Å². The lowest BCUT2D eigenvalue weighted by molar-refractivity contribution is 0.371. The number of rotatable bonds is 11. The van der Waals surface area contributed by atoms with Crippen molar-refractivity contribution >= 4 is 19.2 Å². The molecular formula is C30H34F2NO3P. The molecule has 0 saturated carbocycles. The van der Waals surface area contributed by atoms with E-state index in [0.29, 0.717) is 37.1 Å². The molecule has 0 saturated heterocycles. The maximum atomic E-state index is 14.0. The van der Waals surface area contributed by atoms with E-state index in [1.54, 1.807) is 0 Å². The number of hydrogen-bond acceptors (Lipinski definition) is 2.